The molecule has 3 nitrogen and oxygen atoms in total. The molecule has 0 aromatic carbocycles. The number of hydrogen-bond donors (Lipinski definition) is 1. The number of carbonyl (C=O) groups excluding carboxylic acids is 1. The summed E-state index contributed by atoms with van der Waals surface area (Å²) in [4.78, 5) is 14.6. The molecule has 92 valence electrons. The van der Waals surface area contributed by atoms with Crippen LogP contribution >= 0.6 is 0 Å². The highest BCUT2D eigenvalue weighted by Gasteiger charge is 2.33. The molecule has 2 rings (SSSR count). The number of nitrogens with zero attached hydrogens (tertiary/aromatic N) is 1. The molecule has 0 saturated carbocycles. The Balaban J connectivity index is 1.99. The molecule has 2 fully saturated rings. The molecule has 0 aromatic rings. The van der Waals surface area contributed by atoms with Crippen LogP contribution in [0.2, 0.25) is 0 Å². The Kier molecular flexibility index (Phi) is 3.85. The van der Waals surface area contributed by atoms with Crippen LogP contribution in [0.15, 0.2) is 0 Å². The van der Waals surface area contributed by atoms with Crippen molar-refractivity contribution in [3.05, 3.63) is 0 Å². The largest absolute Gasteiger partial charge is 0.340 e. The smallest absolute Gasteiger partial charge is 0.227 e. The molecule has 2 heterocycles. The fraction of sp³-hybridized carbons (Fsp3) is 0.923. The van der Waals surface area contributed by atoms with Gasteiger partial charge in [0.15, 0.2) is 0 Å². The summed E-state index contributed by atoms with van der Waals surface area (Å²) in [7, 11) is 0. The van der Waals surface area contributed by atoms with E-state index in [0.717, 1.165) is 25.9 Å². The molecule has 16 heavy (non-hydrogen) atoms. The van der Waals surface area contributed by atoms with Gasteiger partial charge in [-0.2, -0.15) is 0 Å². The minimum Gasteiger partial charge on any atom is -0.340 e. The van der Waals surface area contributed by atoms with Crippen LogP contribution in [-0.2, 0) is 4.79 Å². The zero-order valence-corrected chi connectivity index (χ0v) is 10.5. The third-order valence-electron chi connectivity index (χ3n) is 4.17. The fourth-order valence-corrected chi connectivity index (χ4v) is 3.02. The first-order chi connectivity index (χ1) is 7.70. The number of likely N-dealkylation sites (tertiary alicyclic amines) is 1. The average Bonchev–Trinajstić information content (AvgIpc) is 2.29. The molecule has 3 heteroatoms. The highest BCUT2D eigenvalue weighted by molar-refractivity contribution is 5.80. The first kappa shape index (κ1) is 11.9. The van der Waals surface area contributed by atoms with Gasteiger partial charge in [0.2, 0.25) is 5.91 Å². The van der Waals surface area contributed by atoms with Gasteiger partial charge >= 0.3 is 0 Å². The summed E-state index contributed by atoms with van der Waals surface area (Å²) in [5.74, 6) is 0.612. The summed E-state index contributed by atoms with van der Waals surface area (Å²) in [6.07, 6.45) is 5.85. The maximum atomic E-state index is 12.5. The van der Waals surface area contributed by atoms with E-state index in [1.807, 2.05) is 0 Å². The summed E-state index contributed by atoms with van der Waals surface area (Å²) in [6, 6.07) is 0.811. The summed E-state index contributed by atoms with van der Waals surface area (Å²) in [5.41, 5.74) is 0. The van der Waals surface area contributed by atoms with Crippen molar-refractivity contribution in [1.29, 1.82) is 0 Å². The maximum Gasteiger partial charge on any atom is 0.227 e. The lowest BCUT2D eigenvalue weighted by Gasteiger charge is -2.39. The van der Waals surface area contributed by atoms with E-state index >= 15 is 0 Å². The molecule has 1 amide bonds. The fourth-order valence-electron chi connectivity index (χ4n) is 3.02. The summed E-state index contributed by atoms with van der Waals surface area (Å²) < 4.78 is 0. The summed E-state index contributed by atoms with van der Waals surface area (Å²) in [5, 5.41) is 3.42. The van der Waals surface area contributed by atoms with E-state index in [4.69, 9.17) is 0 Å². The van der Waals surface area contributed by atoms with Crippen LogP contribution in [0.25, 0.3) is 0 Å². The molecular formula is C13H24N2O. The SMILES string of the molecule is CC1NCCCC1C(=O)N1CCCCC1C. The van der Waals surface area contributed by atoms with E-state index in [-0.39, 0.29) is 5.92 Å². The Morgan fingerprint density at radius 2 is 2.00 bits per heavy atom. The number of nitrogens with one attached hydrogen (secondary N) is 1. The molecule has 3 atom stereocenters. The zero-order valence-electron chi connectivity index (χ0n) is 10.5. The van der Waals surface area contributed by atoms with Crippen LogP contribution in [0, 0.1) is 5.92 Å². The molecular weight excluding hydrogens is 200 g/mol. The Morgan fingerprint density at radius 3 is 2.69 bits per heavy atom. The topological polar surface area (TPSA) is 32.3 Å². The first-order valence-electron chi connectivity index (χ1n) is 6.74. The van der Waals surface area contributed by atoms with Crippen molar-refractivity contribution < 1.29 is 4.79 Å². The van der Waals surface area contributed by atoms with Gasteiger partial charge in [-0.3, -0.25) is 4.79 Å². The lowest BCUT2D eigenvalue weighted by atomic mass is 9.89. The van der Waals surface area contributed by atoms with Gasteiger partial charge in [-0.1, -0.05) is 0 Å². The number of amides is 1. The van der Waals surface area contributed by atoms with Crippen molar-refractivity contribution in [3.8, 4) is 0 Å². The van der Waals surface area contributed by atoms with Crippen molar-refractivity contribution >= 4 is 5.91 Å². The zero-order chi connectivity index (χ0) is 11.5. The third kappa shape index (κ3) is 2.40. The molecule has 0 spiro atoms. The Bertz CT molecular complexity index is 230. The first-order valence-corrected chi connectivity index (χ1v) is 6.74. The second kappa shape index (κ2) is 5.17. The Morgan fingerprint density at radius 1 is 1.19 bits per heavy atom. The van der Waals surface area contributed by atoms with Gasteiger partial charge < -0.3 is 10.2 Å². The predicted molar refractivity (Wildman–Crippen MR) is 65.2 cm³/mol. The highest BCUT2D eigenvalue weighted by Crippen LogP contribution is 2.24. The molecule has 1 N–H and O–H groups in total. The van der Waals surface area contributed by atoms with Crippen molar-refractivity contribution in [3.63, 3.8) is 0 Å². The third-order valence-corrected chi connectivity index (χ3v) is 4.17. The molecule has 0 aliphatic carbocycles. The van der Waals surface area contributed by atoms with E-state index in [2.05, 4.69) is 24.1 Å². The van der Waals surface area contributed by atoms with Gasteiger partial charge in [-0.05, 0) is 52.5 Å². The minimum absolute atomic E-state index is 0.217. The van der Waals surface area contributed by atoms with Crippen LogP contribution in [0.3, 0.4) is 0 Å². The van der Waals surface area contributed by atoms with E-state index in [1.165, 1.54) is 19.3 Å². The maximum absolute atomic E-state index is 12.5. The standard InChI is InChI=1S/C13H24N2O/c1-10-6-3-4-9-15(10)13(16)12-7-5-8-14-11(12)2/h10-12,14H,3-9H2,1-2H3. The van der Waals surface area contributed by atoms with E-state index < -0.39 is 0 Å². The molecule has 2 aliphatic rings. The molecule has 2 saturated heterocycles. The lowest BCUT2D eigenvalue weighted by Crippen LogP contribution is -2.51. The van der Waals surface area contributed by atoms with Crippen molar-refractivity contribution in [2.24, 2.45) is 5.92 Å². The monoisotopic (exact) mass is 224 g/mol. The van der Waals surface area contributed by atoms with Crippen LogP contribution in [0.5, 0.6) is 0 Å². The predicted octanol–water partition coefficient (Wildman–Crippen LogP) is 1.78. The van der Waals surface area contributed by atoms with Crippen LogP contribution in [-0.4, -0.2) is 36.0 Å². The van der Waals surface area contributed by atoms with E-state index in [9.17, 15) is 4.79 Å². The molecule has 0 bridgehead atoms. The summed E-state index contributed by atoms with van der Waals surface area (Å²) in [6.45, 7) is 6.39. The molecule has 0 radical (unpaired) electrons. The van der Waals surface area contributed by atoms with Gasteiger partial charge in [-0.15, -0.1) is 0 Å². The van der Waals surface area contributed by atoms with Crippen molar-refractivity contribution in [1.82, 2.24) is 10.2 Å². The van der Waals surface area contributed by atoms with E-state index in [1.54, 1.807) is 0 Å². The number of piperidine rings is 2. The Labute approximate surface area is 98.6 Å². The highest BCUT2D eigenvalue weighted by atomic mass is 16.2. The second-order valence-electron chi connectivity index (χ2n) is 5.37. The van der Waals surface area contributed by atoms with Crippen molar-refractivity contribution in [2.45, 2.75) is 58.0 Å². The number of hydrogen-bond acceptors (Lipinski definition) is 2. The minimum atomic E-state index is 0.217. The quantitative estimate of drug-likeness (QED) is 0.736. The number of rotatable bonds is 1. The second-order valence-corrected chi connectivity index (χ2v) is 5.37. The van der Waals surface area contributed by atoms with Gasteiger partial charge in [0.05, 0.1) is 5.92 Å². The van der Waals surface area contributed by atoms with Gasteiger partial charge in [-0.25, -0.2) is 0 Å². The van der Waals surface area contributed by atoms with Crippen LogP contribution < -0.4 is 5.32 Å². The van der Waals surface area contributed by atoms with Crippen LogP contribution in [0.4, 0.5) is 0 Å². The molecule has 2 aliphatic heterocycles. The average molecular weight is 224 g/mol. The molecule has 0 aromatic heterocycles. The van der Waals surface area contributed by atoms with E-state index in [0.29, 0.717) is 18.0 Å². The lowest BCUT2D eigenvalue weighted by molar-refractivity contribution is -0.140. The molecule has 3 unspecified atom stereocenters. The van der Waals surface area contributed by atoms with Crippen molar-refractivity contribution in [2.75, 3.05) is 13.1 Å². The normalized spacial score (nSPS) is 36.1. The van der Waals surface area contributed by atoms with Gasteiger partial charge in [0, 0.05) is 18.6 Å². The van der Waals surface area contributed by atoms with Crippen LogP contribution in [0.1, 0.15) is 46.0 Å². The number of carbonyl (C=O) groups is 1. The Hall–Kier alpha value is -0.570. The summed E-state index contributed by atoms with van der Waals surface area (Å²) >= 11 is 0. The van der Waals surface area contributed by atoms with Gasteiger partial charge in [0.25, 0.3) is 0 Å². The van der Waals surface area contributed by atoms with Gasteiger partial charge in [0.1, 0.15) is 0 Å².